The molecule has 2 aromatic rings. The molecule has 0 atom stereocenters. The van der Waals surface area contributed by atoms with Crippen LogP contribution in [0.4, 0.5) is 4.39 Å². The second kappa shape index (κ2) is 4.26. The van der Waals surface area contributed by atoms with E-state index in [4.69, 9.17) is 0 Å². The maximum atomic E-state index is 12.7. The fourth-order valence-corrected chi connectivity index (χ4v) is 2.06. The molecule has 2 rings (SSSR count). The summed E-state index contributed by atoms with van der Waals surface area (Å²) in [6.45, 7) is 2.01. The lowest BCUT2D eigenvalue weighted by Crippen LogP contribution is -1.89. The van der Waals surface area contributed by atoms with E-state index in [1.54, 1.807) is 12.1 Å². The van der Waals surface area contributed by atoms with Gasteiger partial charge in [0.1, 0.15) is 5.82 Å². The maximum Gasteiger partial charge on any atom is 0.123 e. The lowest BCUT2D eigenvalue weighted by Gasteiger charge is -2.04. The molecule has 1 nitrogen and oxygen atoms in total. The number of aryl methyl sites for hydroxylation is 1. The Hall–Kier alpha value is -0.970. The van der Waals surface area contributed by atoms with Gasteiger partial charge in [-0.1, -0.05) is 0 Å². The van der Waals surface area contributed by atoms with E-state index in [9.17, 15) is 4.39 Å². The molecule has 0 saturated carbocycles. The molecule has 0 amide bonds. The van der Waals surface area contributed by atoms with E-state index in [1.165, 1.54) is 12.1 Å². The highest BCUT2D eigenvalue weighted by molar-refractivity contribution is 14.1. The second-order valence-corrected chi connectivity index (χ2v) is 4.57. The number of aromatic nitrogens is 1. The molecule has 76 valence electrons. The molecule has 0 unspecified atom stereocenters. The summed E-state index contributed by atoms with van der Waals surface area (Å²) in [7, 11) is 0. The van der Waals surface area contributed by atoms with E-state index in [-0.39, 0.29) is 5.82 Å². The molecule has 0 aliphatic rings. The molecular weight excluding hydrogens is 304 g/mol. The highest BCUT2D eigenvalue weighted by atomic mass is 127. The molecule has 15 heavy (non-hydrogen) atoms. The molecule has 0 spiro atoms. The molecule has 0 saturated heterocycles. The number of benzene rings is 1. The molecule has 0 aliphatic carbocycles. The predicted octanol–water partition coefficient (Wildman–Crippen LogP) is 3.80. The first-order chi connectivity index (χ1) is 7.16. The molecule has 0 radical (unpaired) electrons. The predicted molar refractivity (Wildman–Crippen MR) is 67.1 cm³/mol. The SMILES string of the molecule is Cc1cc(I)cnc1-c1ccc(F)cc1. The standard InChI is InChI=1S/C12H9FIN/c1-8-6-11(14)7-15-12(8)9-2-4-10(13)5-3-9/h2-7H,1H3. The van der Waals surface area contributed by atoms with Crippen molar-refractivity contribution in [1.82, 2.24) is 4.98 Å². The van der Waals surface area contributed by atoms with Crippen molar-refractivity contribution in [2.75, 3.05) is 0 Å². The van der Waals surface area contributed by atoms with E-state index in [1.807, 2.05) is 13.1 Å². The van der Waals surface area contributed by atoms with Gasteiger partial charge in [0.05, 0.1) is 5.69 Å². The fourth-order valence-electron chi connectivity index (χ4n) is 1.45. The topological polar surface area (TPSA) is 12.9 Å². The van der Waals surface area contributed by atoms with Crippen molar-refractivity contribution in [2.45, 2.75) is 6.92 Å². The molecular formula is C12H9FIN. The summed E-state index contributed by atoms with van der Waals surface area (Å²) in [5, 5.41) is 0. The van der Waals surface area contributed by atoms with Crippen LogP contribution in [0.25, 0.3) is 11.3 Å². The van der Waals surface area contributed by atoms with Crippen LogP contribution in [0.1, 0.15) is 5.56 Å². The summed E-state index contributed by atoms with van der Waals surface area (Å²) >= 11 is 2.22. The van der Waals surface area contributed by atoms with Gasteiger partial charge in [-0.05, 0) is 65.4 Å². The van der Waals surface area contributed by atoms with Gasteiger partial charge in [-0.15, -0.1) is 0 Å². The highest BCUT2D eigenvalue weighted by Crippen LogP contribution is 2.22. The number of pyridine rings is 1. The highest BCUT2D eigenvalue weighted by Gasteiger charge is 2.03. The molecule has 3 heteroatoms. The van der Waals surface area contributed by atoms with E-state index < -0.39 is 0 Å². The van der Waals surface area contributed by atoms with Crippen molar-refractivity contribution in [3.05, 3.63) is 51.5 Å². The zero-order valence-corrected chi connectivity index (χ0v) is 10.3. The lowest BCUT2D eigenvalue weighted by atomic mass is 10.1. The van der Waals surface area contributed by atoms with Crippen LogP contribution in [0, 0.1) is 16.3 Å². The largest absolute Gasteiger partial charge is 0.255 e. The quantitative estimate of drug-likeness (QED) is 0.730. The summed E-state index contributed by atoms with van der Waals surface area (Å²) in [6.07, 6.45) is 1.81. The Bertz CT molecular complexity index is 479. The zero-order chi connectivity index (χ0) is 10.8. The van der Waals surface area contributed by atoms with Crippen molar-refractivity contribution >= 4 is 22.6 Å². The maximum absolute atomic E-state index is 12.7. The van der Waals surface area contributed by atoms with Crippen molar-refractivity contribution in [3.63, 3.8) is 0 Å². The fraction of sp³-hybridized carbons (Fsp3) is 0.0833. The van der Waals surface area contributed by atoms with Crippen LogP contribution >= 0.6 is 22.6 Å². The Kier molecular flexibility index (Phi) is 3.00. The Morgan fingerprint density at radius 2 is 1.87 bits per heavy atom. The van der Waals surface area contributed by atoms with Crippen molar-refractivity contribution in [2.24, 2.45) is 0 Å². The monoisotopic (exact) mass is 313 g/mol. The summed E-state index contributed by atoms with van der Waals surface area (Å²) in [5.41, 5.74) is 2.97. The number of nitrogens with zero attached hydrogens (tertiary/aromatic N) is 1. The van der Waals surface area contributed by atoms with Gasteiger partial charge in [0.2, 0.25) is 0 Å². The van der Waals surface area contributed by atoms with Gasteiger partial charge in [-0.25, -0.2) is 4.39 Å². The van der Waals surface area contributed by atoms with Crippen LogP contribution in [0.3, 0.4) is 0 Å². The van der Waals surface area contributed by atoms with Crippen molar-refractivity contribution < 1.29 is 4.39 Å². The summed E-state index contributed by atoms with van der Waals surface area (Å²) in [4.78, 5) is 4.35. The average molecular weight is 313 g/mol. The third kappa shape index (κ3) is 2.34. The second-order valence-electron chi connectivity index (χ2n) is 3.33. The number of rotatable bonds is 1. The van der Waals surface area contributed by atoms with Crippen LogP contribution in [0.2, 0.25) is 0 Å². The summed E-state index contributed by atoms with van der Waals surface area (Å²) in [6, 6.07) is 8.46. The van der Waals surface area contributed by atoms with Crippen molar-refractivity contribution in [3.8, 4) is 11.3 Å². The first kappa shape index (κ1) is 10.5. The Balaban J connectivity index is 2.49. The zero-order valence-electron chi connectivity index (χ0n) is 8.17. The third-order valence-corrected chi connectivity index (χ3v) is 2.75. The van der Waals surface area contributed by atoms with Gasteiger partial charge in [0.15, 0.2) is 0 Å². The smallest absolute Gasteiger partial charge is 0.123 e. The minimum absolute atomic E-state index is 0.220. The Morgan fingerprint density at radius 3 is 2.47 bits per heavy atom. The van der Waals surface area contributed by atoms with Gasteiger partial charge in [0.25, 0.3) is 0 Å². The third-order valence-electron chi connectivity index (χ3n) is 2.16. The number of hydrogen-bond donors (Lipinski definition) is 0. The lowest BCUT2D eigenvalue weighted by molar-refractivity contribution is 0.628. The number of hydrogen-bond acceptors (Lipinski definition) is 1. The number of halogens is 2. The minimum atomic E-state index is -0.220. The van der Waals surface area contributed by atoms with Crippen LogP contribution in [0.5, 0.6) is 0 Å². The van der Waals surface area contributed by atoms with Gasteiger partial charge in [-0.3, -0.25) is 4.98 Å². The molecule has 0 bridgehead atoms. The molecule has 0 fully saturated rings. The first-order valence-electron chi connectivity index (χ1n) is 4.55. The van der Waals surface area contributed by atoms with Gasteiger partial charge < -0.3 is 0 Å². The van der Waals surface area contributed by atoms with Gasteiger partial charge in [-0.2, -0.15) is 0 Å². The molecule has 1 aromatic heterocycles. The van der Waals surface area contributed by atoms with Gasteiger partial charge in [0, 0.05) is 15.3 Å². The van der Waals surface area contributed by atoms with Crippen LogP contribution in [0.15, 0.2) is 36.5 Å². The Morgan fingerprint density at radius 1 is 1.20 bits per heavy atom. The van der Waals surface area contributed by atoms with E-state index >= 15 is 0 Å². The van der Waals surface area contributed by atoms with E-state index in [2.05, 4.69) is 33.6 Å². The van der Waals surface area contributed by atoms with Crippen molar-refractivity contribution in [1.29, 1.82) is 0 Å². The molecule has 1 heterocycles. The minimum Gasteiger partial charge on any atom is -0.255 e. The average Bonchev–Trinajstić information content (AvgIpc) is 2.20. The normalized spacial score (nSPS) is 10.3. The first-order valence-corrected chi connectivity index (χ1v) is 5.63. The van der Waals surface area contributed by atoms with E-state index in [0.717, 1.165) is 20.4 Å². The van der Waals surface area contributed by atoms with Gasteiger partial charge >= 0.3 is 0 Å². The van der Waals surface area contributed by atoms with Crippen LogP contribution in [-0.4, -0.2) is 4.98 Å². The van der Waals surface area contributed by atoms with E-state index in [0.29, 0.717) is 0 Å². The van der Waals surface area contributed by atoms with Crippen LogP contribution < -0.4 is 0 Å². The Labute approximate surface area is 102 Å². The molecule has 1 aromatic carbocycles. The molecule has 0 aliphatic heterocycles. The molecule has 0 N–H and O–H groups in total. The van der Waals surface area contributed by atoms with Crippen LogP contribution in [-0.2, 0) is 0 Å². The summed E-state index contributed by atoms with van der Waals surface area (Å²) < 4.78 is 13.9. The summed E-state index contributed by atoms with van der Waals surface area (Å²) in [5.74, 6) is -0.220.